The lowest BCUT2D eigenvalue weighted by Crippen LogP contribution is -2.52. The van der Waals surface area contributed by atoms with E-state index in [1.54, 1.807) is 29.1 Å². The van der Waals surface area contributed by atoms with E-state index in [1.807, 2.05) is 25.1 Å². The molecule has 1 aromatic carbocycles. The van der Waals surface area contributed by atoms with E-state index >= 15 is 0 Å². The van der Waals surface area contributed by atoms with Crippen LogP contribution in [0.15, 0.2) is 58.6 Å². The van der Waals surface area contributed by atoms with Gasteiger partial charge in [-0.25, -0.2) is 19.9 Å². The zero-order valence-electron chi connectivity index (χ0n) is 16.9. The van der Waals surface area contributed by atoms with Gasteiger partial charge in [-0.1, -0.05) is 23.7 Å². The predicted octanol–water partition coefficient (Wildman–Crippen LogP) is 2.15. The number of nitrogens with one attached hydrogen (secondary N) is 1. The number of rotatable bonds is 2. The molecule has 1 fully saturated rings. The largest absolute Gasteiger partial charge is 0.339 e. The second-order valence-corrected chi connectivity index (χ2v) is 7.89. The van der Waals surface area contributed by atoms with E-state index in [1.165, 1.54) is 6.07 Å². The summed E-state index contributed by atoms with van der Waals surface area (Å²) >= 11 is 6.07. The van der Waals surface area contributed by atoms with Gasteiger partial charge in [-0.15, -0.1) is 0 Å². The highest BCUT2D eigenvalue weighted by Gasteiger charge is 2.29. The molecule has 1 atom stereocenters. The highest BCUT2D eigenvalue weighted by atomic mass is 35.5. The molecule has 2 aromatic heterocycles. The number of piperazine rings is 1. The summed E-state index contributed by atoms with van der Waals surface area (Å²) in [6, 6.07) is 10.7. The van der Waals surface area contributed by atoms with Gasteiger partial charge < -0.3 is 9.80 Å². The first-order valence-corrected chi connectivity index (χ1v) is 10.4. The SMILES string of the molecule is Cc1cc(=O)n2c(n1)NC(N1CCN(c3ncccn3)CC1)=N[C@H]2c1ccc(Cl)cc1. The molecule has 9 nitrogen and oxygen atoms in total. The minimum Gasteiger partial charge on any atom is -0.339 e. The zero-order valence-corrected chi connectivity index (χ0v) is 17.7. The lowest BCUT2D eigenvalue weighted by atomic mass is 10.1. The van der Waals surface area contributed by atoms with Gasteiger partial charge in [0, 0.05) is 55.4 Å². The Morgan fingerprint density at radius 1 is 1.03 bits per heavy atom. The third-order valence-corrected chi connectivity index (χ3v) is 5.63. The van der Waals surface area contributed by atoms with Crippen molar-refractivity contribution in [2.75, 3.05) is 36.4 Å². The lowest BCUT2D eigenvalue weighted by Gasteiger charge is -2.38. The maximum absolute atomic E-state index is 12.8. The smallest absolute Gasteiger partial charge is 0.257 e. The average molecular weight is 437 g/mol. The molecule has 5 rings (SSSR count). The lowest BCUT2D eigenvalue weighted by molar-refractivity contribution is 0.374. The number of aryl methyl sites for hydroxylation is 1. The van der Waals surface area contributed by atoms with Crippen LogP contribution < -0.4 is 15.8 Å². The van der Waals surface area contributed by atoms with Crippen LogP contribution in [-0.2, 0) is 0 Å². The maximum Gasteiger partial charge on any atom is 0.257 e. The highest BCUT2D eigenvalue weighted by molar-refractivity contribution is 6.30. The molecule has 0 spiro atoms. The minimum atomic E-state index is -0.514. The molecule has 0 unspecified atom stereocenters. The molecule has 0 aliphatic carbocycles. The molecule has 31 heavy (non-hydrogen) atoms. The molecule has 3 aromatic rings. The second-order valence-electron chi connectivity index (χ2n) is 7.46. The van der Waals surface area contributed by atoms with Crippen LogP contribution in [0.5, 0.6) is 0 Å². The summed E-state index contributed by atoms with van der Waals surface area (Å²) in [5.74, 6) is 1.92. The quantitative estimate of drug-likeness (QED) is 0.658. The van der Waals surface area contributed by atoms with Crippen LogP contribution in [0.3, 0.4) is 0 Å². The van der Waals surface area contributed by atoms with Crippen LogP contribution in [0.4, 0.5) is 11.9 Å². The molecular formula is C21H21ClN8O. The van der Waals surface area contributed by atoms with E-state index in [-0.39, 0.29) is 5.56 Å². The van der Waals surface area contributed by atoms with Crippen molar-refractivity contribution in [2.24, 2.45) is 4.99 Å². The molecule has 0 saturated carbocycles. The van der Waals surface area contributed by atoms with Crippen LogP contribution in [0.1, 0.15) is 17.4 Å². The van der Waals surface area contributed by atoms with Crippen molar-refractivity contribution >= 4 is 29.5 Å². The number of anilines is 2. The van der Waals surface area contributed by atoms with Crippen LogP contribution in [0.2, 0.25) is 5.02 Å². The fraction of sp³-hybridized carbons (Fsp3) is 0.286. The molecule has 0 radical (unpaired) electrons. The maximum atomic E-state index is 12.8. The third kappa shape index (κ3) is 3.84. The molecule has 0 amide bonds. The van der Waals surface area contributed by atoms with Gasteiger partial charge in [-0.2, -0.15) is 0 Å². The van der Waals surface area contributed by atoms with Gasteiger partial charge in [0.05, 0.1) is 0 Å². The molecule has 2 aliphatic rings. The van der Waals surface area contributed by atoms with Gasteiger partial charge in [-0.3, -0.25) is 14.7 Å². The molecule has 1 N–H and O–H groups in total. The fourth-order valence-electron chi connectivity index (χ4n) is 3.83. The van der Waals surface area contributed by atoms with E-state index in [2.05, 4.69) is 30.1 Å². The summed E-state index contributed by atoms with van der Waals surface area (Å²) in [4.78, 5) is 35.2. The Morgan fingerprint density at radius 3 is 2.42 bits per heavy atom. The number of hydrogen-bond donors (Lipinski definition) is 1. The van der Waals surface area contributed by atoms with Crippen molar-refractivity contribution < 1.29 is 0 Å². The Labute approximate surface area is 184 Å². The van der Waals surface area contributed by atoms with Gasteiger partial charge >= 0.3 is 0 Å². The summed E-state index contributed by atoms with van der Waals surface area (Å²) in [7, 11) is 0. The molecule has 2 aliphatic heterocycles. The van der Waals surface area contributed by atoms with E-state index in [0.29, 0.717) is 22.6 Å². The minimum absolute atomic E-state index is 0.149. The van der Waals surface area contributed by atoms with E-state index in [0.717, 1.165) is 37.7 Å². The van der Waals surface area contributed by atoms with Crippen molar-refractivity contribution in [3.63, 3.8) is 0 Å². The molecular weight excluding hydrogens is 416 g/mol. The summed E-state index contributed by atoms with van der Waals surface area (Å²) in [5.41, 5.74) is 1.38. The average Bonchev–Trinajstić information content (AvgIpc) is 2.79. The summed E-state index contributed by atoms with van der Waals surface area (Å²) in [5, 5.41) is 3.90. The normalized spacial score (nSPS) is 18.3. The van der Waals surface area contributed by atoms with Crippen molar-refractivity contribution in [1.82, 2.24) is 24.4 Å². The molecule has 10 heteroatoms. The van der Waals surface area contributed by atoms with Crippen molar-refractivity contribution in [3.05, 3.63) is 75.4 Å². The molecule has 4 heterocycles. The topological polar surface area (TPSA) is 91.5 Å². The third-order valence-electron chi connectivity index (χ3n) is 5.38. The van der Waals surface area contributed by atoms with E-state index < -0.39 is 6.17 Å². The standard InChI is InChI=1S/C21H21ClN8O/c1-14-13-17(31)30-18(15-3-5-16(22)6-4-15)26-20(27-21(30)25-14)29-11-9-28(10-12-29)19-23-7-2-8-24-19/h2-8,13,18H,9-12H2,1H3,(H,25,26,27)/t18-/m1/s1. The number of halogens is 1. The molecule has 0 bridgehead atoms. The first kappa shape index (κ1) is 19.5. The van der Waals surface area contributed by atoms with Crippen LogP contribution in [0, 0.1) is 6.92 Å². The van der Waals surface area contributed by atoms with Crippen LogP contribution in [-0.4, -0.2) is 56.6 Å². The van der Waals surface area contributed by atoms with Crippen molar-refractivity contribution in [3.8, 4) is 0 Å². The number of benzene rings is 1. The van der Waals surface area contributed by atoms with E-state index in [4.69, 9.17) is 16.6 Å². The molecule has 1 saturated heterocycles. The Hall–Kier alpha value is -3.46. The number of hydrogen-bond acceptors (Lipinski definition) is 8. The number of guanidine groups is 1. The number of nitrogens with zero attached hydrogens (tertiary/aromatic N) is 7. The van der Waals surface area contributed by atoms with Gasteiger partial charge in [0.25, 0.3) is 5.56 Å². The van der Waals surface area contributed by atoms with E-state index in [9.17, 15) is 4.79 Å². The first-order valence-electron chi connectivity index (χ1n) is 10.1. The van der Waals surface area contributed by atoms with Crippen LogP contribution in [0.25, 0.3) is 0 Å². The first-order chi connectivity index (χ1) is 15.1. The summed E-state index contributed by atoms with van der Waals surface area (Å²) < 4.78 is 1.58. The van der Waals surface area contributed by atoms with Gasteiger partial charge in [0.2, 0.25) is 17.9 Å². The van der Waals surface area contributed by atoms with Gasteiger partial charge in [0.15, 0.2) is 6.17 Å². The van der Waals surface area contributed by atoms with Gasteiger partial charge in [0.1, 0.15) is 0 Å². The van der Waals surface area contributed by atoms with Crippen LogP contribution >= 0.6 is 11.6 Å². The summed E-state index contributed by atoms with van der Waals surface area (Å²) in [6.45, 7) is 4.83. The number of aliphatic imine (C=N–C) groups is 1. The van der Waals surface area contributed by atoms with Crippen molar-refractivity contribution in [1.29, 1.82) is 0 Å². The zero-order chi connectivity index (χ0) is 21.4. The number of aromatic nitrogens is 4. The monoisotopic (exact) mass is 436 g/mol. The Kier molecular flexibility index (Phi) is 5.03. The predicted molar refractivity (Wildman–Crippen MR) is 120 cm³/mol. The Balaban J connectivity index is 1.45. The second kappa shape index (κ2) is 7.99. The summed E-state index contributed by atoms with van der Waals surface area (Å²) in [6.07, 6.45) is 2.99. The Morgan fingerprint density at radius 2 is 1.71 bits per heavy atom. The Bertz CT molecular complexity index is 1170. The fourth-order valence-corrected chi connectivity index (χ4v) is 3.95. The molecule has 158 valence electrons. The highest BCUT2D eigenvalue weighted by Crippen LogP contribution is 2.27. The number of fused-ring (bicyclic) bond motifs is 1. The van der Waals surface area contributed by atoms with Crippen molar-refractivity contribution in [2.45, 2.75) is 13.1 Å². The van der Waals surface area contributed by atoms with Gasteiger partial charge in [-0.05, 0) is 30.7 Å².